The average Bonchev–Trinajstić information content (AvgIpc) is 2.27. The van der Waals surface area contributed by atoms with Gasteiger partial charge in [-0.05, 0) is 31.6 Å². The van der Waals surface area contributed by atoms with Crippen LogP contribution in [0.25, 0.3) is 0 Å². The van der Waals surface area contributed by atoms with Crippen molar-refractivity contribution in [1.82, 2.24) is 5.32 Å². The van der Waals surface area contributed by atoms with Crippen LogP contribution in [0.1, 0.15) is 5.56 Å². The van der Waals surface area contributed by atoms with E-state index in [2.05, 4.69) is 5.32 Å². The number of methoxy groups -OCH3 is 2. The molecule has 0 aliphatic heterocycles. The molecule has 1 aromatic carbocycles. The van der Waals surface area contributed by atoms with E-state index in [-0.39, 0.29) is 5.82 Å². The Balaban J connectivity index is 2.97. The van der Waals surface area contributed by atoms with Crippen LogP contribution in [0.4, 0.5) is 4.39 Å². The molecule has 1 aromatic rings. The first kappa shape index (κ1) is 11.8. The van der Waals surface area contributed by atoms with Crippen molar-refractivity contribution in [2.24, 2.45) is 0 Å². The average molecular weight is 213 g/mol. The van der Waals surface area contributed by atoms with Gasteiger partial charge in [-0.3, -0.25) is 0 Å². The molecular formula is C11H16FNO2. The quantitative estimate of drug-likeness (QED) is 0.806. The van der Waals surface area contributed by atoms with Crippen molar-refractivity contribution in [3.8, 4) is 11.5 Å². The van der Waals surface area contributed by atoms with E-state index in [0.717, 1.165) is 6.54 Å². The lowest BCUT2D eigenvalue weighted by molar-refractivity contribution is 0.351. The highest BCUT2D eigenvalue weighted by atomic mass is 19.1. The van der Waals surface area contributed by atoms with Gasteiger partial charge in [0.2, 0.25) is 0 Å². The Labute approximate surface area is 89.2 Å². The lowest BCUT2D eigenvalue weighted by Crippen LogP contribution is -2.11. The summed E-state index contributed by atoms with van der Waals surface area (Å²) in [5.74, 6) is 0.719. The van der Waals surface area contributed by atoms with Crippen molar-refractivity contribution in [1.29, 1.82) is 0 Å². The van der Waals surface area contributed by atoms with Crippen molar-refractivity contribution in [2.45, 2.75) is 6.42 Å². The number of rotatable bonds is 5. The number of hydrogen-bond acceptors (Lipinski definition) is 3. The van der Waals surface area contributed by atoms with Crippen LogP contribution in [-0.2, 0) is 6.42 Å². The molecule has 0 aliphatic rings. The number of ether oxygens (including phenoxy) is 2. The van der Waals surface area contributed by atoms with E-state index < -0.39 is 0 Å². The fourth-order valence-corrected chi connectivity index (χ4v) is 1.35. The molecule has 84 valence electrons. The Morgan fingerprint density at radius 3 is 2.33 bits per heavy atom. The minimum atomic E-state index is -0.261. The van der Waals surface area contributed by atoms with Crippen molar-refractivity contribution in [3.05, 3.63) is 23.5 Å². The van der Waals surface area contributed by atoms with Crippen molar-refractivity contribution in [2.75, 3.05) is 27.8 Å². The van der Waals surface area contributed by atoms with E-state index in [1.54, 1.807) is 6.07 Å². The van der Waals surface area contributed by atoms with Gasteiger partial charge < -0.3 is 14.8 Å². The van der Waals surface area contributed by atoms with Crippen LogP contribution in [0, 0.1) is 5.82 Å². The fraction of sp³-hybridized carbons (Fsp3) is 0.455. The molecule has 1 rings (SSSR count). The summed E-state index contributed by atoms with van der Waals surface area (Å²) in [6.45, 7) is 0.729. The molecule has 0 spiro atoms. The maximum absolute atomic E-state index is 13.5. The minimum Gasteiger partial charge on any atom is -0.493 e. The molecule has 0 radical (unpaired) electrons. The number of halogens is 1. The summed E-state index contributed by atoms with van der Waals surface area (Å²) in [4.78, 5) is 0. The van der Waals surface area contributed by atoms with Gasteiger partial charge >= 0.3 is 0 Å². The molecule has 0 heterocycles. The summed E-state index contributed by atoms with van der Waals surface area (Å²) in [6, 6.07) is 3.02. The molecule has 0 fully saturated rings. The molecule has 0 saturated heterocycles. The molecule has 15 heavy (non-hydrogen) atoms. The third-order valence-electron chi connectivity index (χ3n) is 2.20. The van der Waals surface area contributed by atoms with Gasteiger partial charge in [-0.2, -0.15) is 0 Å². The van der Waals surface area contributed by atoms with Crippen LogP contribution < -0.4 is 14.8 Å². The molecule has 4 heteroatoms. The van der Waals surface area contributed by atoms with Crippen molar-refractivity contribution in [3.63, 3.8) is 0 Å². The lowest BCUT2D eigenvalue weighted by atomic mass is 10.1. The second-order valence-corrected chi connectivity index (χ2v) is 3.15. The first-order chi connectivity index (χ1) is 7.22. The molecule has 0 saturated carbocycles. The highest BCUT2D eigenvalue weighted by molar-refractivity contribution is 5.43. The van der Waals surface area contributed by atoms with Gasteiger partial charge in [-0.15, -0.1) is 0 Å². The van der Waals surface area contributed by atoms with Gasteiger partial charge in [0.1, 0.15) is 5.82 Å². The van der Waals surface area contributed by atoms with Gasteiger partial charge in [0.25, 0.3) is 0 Å². The summed E-state index contributed by atoms with van der Waals surface area (Å²) in [5.41, 5.74) is 0.627. The third kappa shape index (κ3) is 2.83. The molecule has 0 aromatic heterocycles. The van der Waals surface area contributed by atoms with Crippen LogP contribution >= 0.6 is 0 Å². The summed E-state index contributed by atoms with van der Waals surface area (Å²) < 4.78 is 23.6. The van der Waals surface area contributed by atoms with Crippen LogP contribution in [0.15, 0.2) is 12.1 Å². The smallest absolute Gasteiger partial charge is 0.163 e. The lowest BCUT2D eigenvalue weighted by Gasteiger charge is -2.10. The molecule has 0 bridgehead atoms. The fourth-order valence-electron chi connectivity index (χ4n) is 1.35. The highest BCUT2D eigenvalue weighted by Gasteiger charge is 2.10. The second kappa shape index (κ2) is 5.56. The monoisotopic (exact) mass is 213 g/mol. The Morgan fingerprint density at radius 2 is 1.80 bits per heavy atom. The Hall–Kier alpha value is -1.29. The Morgan fingerprint density at radius 1 is 1.20 bits per heavy atom. The molecule has 0 unspecified atom stereocenters. The topological polar surface area (TPSA) is 30.5 Å². The van der Waals surface area contributed by atoms with E-state index in [1.165, 1.54) is 20.3 Å². The van der Waals surface area contributed by atoms with E-state index >= 15 is 0 Å². The molecule has 3 nitrogen and oxygen atoms in total. The zero-order valence-electron chi connectivity index (χ0n) is 9.26. The summed E-state index contributed by atoms with van der Waals surface area (Å²) in [5, 5.41) is 2.97. The molecule has 0 aliphatic carbocycles. The standard InChI is InChI=1S/C11H16FNO2/c1-13-5-4-8-6-10(14-2)11(15-3)7-9(8)12/h6-7,13H,4-5H2,1-3H3. The summed E-state index contributed by atoms with van der Waals surface area (Å²) in [7, 11) is 4.86. The molecule has 1 N–H and O–H groups in total. The number of benzene rings is 1. The summed E-state index contributed by atoms with van der Waals surface area (Å²) >= 11 is 0. The zero-order chi connectivity index (χ0) is 11.3. The minimum absolute atomic E-state index is 0.261. The maximum atomic E-state index is 13.5. The van der Waals surface area contributed by atoms with Gasteiger partial charge in [0.05, 0.1) is 14.2 Å². The van der Waals surface area contributed by atoms with E-state index in [9.17, 15) is 4.39 Å². The van der Waals surface area contributed by atoms with Gasteiger partial charge in [-0.1, -0.05) is 0 Å². The first-order valence-corrected chi connectivity index (χ1v) is 4.78. The first-order valence-electron chi connectivity index (χ1n) is 4.78. The molecule has 0 amide bonds. The van der Waals surface area contributed by atoms with Crippen LogP contribution in [0.2, 0.25) is 0 Å². The van der Waals surface area contributed by atoms with Crippen molar-refractivity contribution >= 4 is 0 Å². The van der Waals surface area contributed by atoms with Crippen LogP contribution in [0.5, 0.6) is 11.5 Å². The zero-order valence-corrected chi connectivity index (χ0v) is 9.26. The predicted octanol–water partition coefficient (Wildman–Crippen LogP) is 1.60. The van der Waals surface area contributed by atoms with Crippen LogP contribution in [-0.4, -0.2) is 27.8 Å². The largest absolute Gasteiger partial charge is 0.493 e. The molecule has 0 atom stereocenters. The van der Waals surface area contributed by atoms with E-state index in [4.69, 9.17) is 9.47 Å². The van der Waals surface area contributed by atoms with Crippen molar-refractivity contribution < 1.29 is 13.9 Å². The van der Waals surface area contributed by atoms with Gasteiger partial charge in [-0.25, -0.2) is 4.39 Å². The van der Waals surface area contributed by atoms with E-state index in [1.807, 2.05) is 7.05 Å². The molecular weight excluding hydrogens is 197 g/mol. The number of nitrogens with one attached hydrogen (secondary N) is 1. The van der Waals surface area contributed by atoms with Gasteiger partial charge in [0, 0.05) is 6.07 Å². The van der Waals surface area contributed by atoms with Gasteiger partial charge in [0.15, 0.2) is 11.5 Å². The third-order valence-corrected chi connectivity index (χ3v) is 2.20. The second-order valence-electron chi connectivity index (χ2n) is 3.15. The maximum Gasteiger partial charge on any atom is 0.163 e. The highest BCUT2D eigenvalue weighted by Crippen LogP contribution is 2.29. The number of hydrogen-bond donors (Lipinski definition) is 1. The van der Waals surface area contributed by atoms with Crippen LogP contribution in [0.3, 0.4) is 0 Å². The predicted molar refractivity (Wildman–Crippen MR) is 57.1 cm³/mol. The number of likely N-dealkylation sites (N-methyl/N-ethyl adjacent to an activating group) is 1. The Bertz CT molecular complexity index is 329. The van der Waals surface area contributed by atoms with E-state index in [0.29, 0.717) is 23.5 Å². The normalized spacial score (nSPS) is 10.1. The Kier molecular flexibility index (Phi) is 4.37. The SMILES string of the molecule is CNCCc1cc(OC)c(OC)cc1F. The summed E-state index contributed by atoms with van der Waals surface area (Å²) in [6.07, 6.45) is 0.628.